The molecule has 5 rings (SSSR count). The van der Waals surface area contributed by atoms with Gasteiger partial charge < -0.3 is 20.7 Å². The third-order valence-electron chi connectivity index (χ3n) is 7.47. The maximum Gasteiger partial charge on any atom is 0.341 e. The number of amides is 3. The summed E-state index contributed by atoms with van der Waals surface area (Å²) in [6.07, 6.45) is 5.17. The summed E-state index contributed by atoms with van der Waals surface area (Å²) in [5, 5.41) is 9.03. The summed E-state index contributed by atoms with van der Waals surface area (Å²) in [5.74, 6) is -1.73. The molecule has 1 aliphatic rings. The van der Waals surface area contributed by atoms with Crippen LogP contribution < -0.4 is 16.0 Å². The fourth-order valence-corrected chi connectivity index (χ4v) is 7.69. The molecule has 1 atom stereocenters. The van der Waals surface area contributed by atoms with Crippen molar-refractivity contribution in [3.8, 4) is 0 Å². The first kappa shape index (κ1) is 35.2. The second-order valence-corrected chi connectivity index (χ2v) is 14.2. The highest BCUT2D eigenvalue weighted by Gasteiger charge is 2.28. The second-order valence-electron chi connectivity index (χ2n) is 10.9. The number of fused-ring (bicyclic) bond motifs is 1. The molecule has 3 aromatic carbocycles. The lowest BCUT2D eigenvalue weighted by Gasteiger charge is -2.15. The normalized spacial score (nSPS) is 13.2. The number of halogens is 2. The number of carbonyl (C=O) groups excluding carboxylic acids is 4. The molecule has 1 unspecified atom stereocenters. The quantitative estimate of drug-likeness (QED) is 0.0812. The Kier molecular flexibility index (Phi) is 12.0. The first-order valence-electron chi connectivity index (χ1n) is 15.4. The molecule has 48 heavy (non-hydrogen) atoms. The highest BCUT2D eigenvalue weighted by molar-refractivity contribution is 8.00. The van der Waals surface area contributed by atoms with E-state index in [-0.39, 0.29) is 23.2 Å². The minimum Gasteiger partial charge on any atom is -0.462 e. The average molecular weight is 723 g/mol. The van der Waals surface area contributed by atoms with Crippen molar-refractivity contribution in [2.75, 3.05) is 17.2 Å². The summed E-state index contributed by atoms with van der Waals surface area (Å²) >= 11 is 15.3. The Morgan fingerprint density at radius 3 is 2.48 bits per heavy atom. The monoisotopic (exact) mass is 721 g/mol. The van der Waals surface area contributed by atoms with Gasteiger partial charge in [-0.25, -0.2) is 4.79 Å². The van der Waals surface area contributed by atoms with Gasteiger partial charge >= 0.3 is 5.97 Å². The van der Waals surface area contributed by atoms with Gasteiger partial charge in [-0.1, -0.05) is 59.6 Å². The number of hydrogen-bond donors (Lipinski definition) is 3. The standard InChI is InChI=1S/C36H33Cl2N3O5S2/c1-3-46-36(45)30-26-16-7-8-18-29(26)48-35(30)41-32(42)21(2)47-25-15-10-14-24(20-25)39-34(44)28(19-23-13-9-17-27(37)31(23)38)40-33(43)22-11-5-4-6-12-22/h4-6,9-15,17,19-21H,3,7-8,16,18H2,1-2H3,(H,39,44)(H,40,43)(H,41,42)/b28-19+. The molecule has 1 aliphatic carbocycles. The molecular formula is C36H33Cl2N3O5S2. The first-order valence-corrected chi connectivity index (χ1v) is 17.8. The molecular weight excluding hydrogens is 689 g/mol. The smallest absolute Gasteiger partial charge is 0.341 e. The van der Waals surface area contributed by atoms with Crippen LogP contribution in [0, 0.1) is 0 Å². The van der Waals surface area contributed by atoms with Crippen LogP contribution in [0.4, 0.5) is 10.7 Å². The number of aryl methyl sites for hydroxylation is 1. The van der Waals surface area contributed by atoms with Crippen molar-refractivity contribution < 1.29 is 23.9 Å². The van der Waals surface area contributed by atoms with E-state index in [1.807, 2.05) is 6.07 Å². The third kappa shape index (κ3) is 8.68. The number of ether oxygens (including phenoxy) is 1. The van der Waals surface area contributed by atoms with Crippen molar-refractivity contribution in [2.24, 2.45) is 0 Å². The molecule has 1 heterocycles. The van der Waals surface area contributed by atoms with Crippen LogP contribution in [0.15, 0.2) is 83.4 Å². The molecule has 0 spiro atoms. The van der Waals surface area contributed by atoms with Crippen molar-refractivity contribution in [3.63, 3.8) is 0 Å². The zero-order chi connectivity index (χ0) is 34.2. The van der Waals surface area contributed by atoms with Crippen molar-refractivity contribution in [1.29, 1.82) is 0 Å². The molecule has 4 aromatic rings. The lowest BCUT2D eigenvalue weighted by Crippen LogP contribution is -2.30. The summed E-state index contributed by atoms with van der Waals surface area (Å²) in [5.41, 5.74) is 2.67. The zero-order valence-corrected chi connectivity index (χ0v) is 29.4. The van der Waals surface area contributed by atoms with Gasteiger partial charge in [-0.2, -0.15) is 0 Å². The van der Waals surface area contributed by atoms with E-state index in [0.29, 0.717) is 32.4 Å². The minimum atomic E-state index is -0.587. The van der Waals surface area contributed by atoms with E-state index < -0.39 is 23.0 Å². The van der Waals surface area contributed by atoms with E-state index in [1.165, 1.54) is 29.2 Å². The number of nitrogens with one attached hydrogen (secondary N) is 3. The fourth-order valence-electron chi connectivity index (χ4n) is 5.12. The van der Waals surface area contributed by atoms with Gasteiger partial charge in [0.15, 0.2) is 0 Å². The number of rotatable bonds is 11. The minimum absolute atomic E-state index is 0.0464. The van der Waals surface area contributed by atoms with Crippen LogP contribution in [0.2, 0.25) is 10.0 Å². The van der Waals surface area contributed by atoms with E-state index in [4.69, 9.17) is 27.9 Å². The Labute approximate surface area is 297 Å². The Bertz CT molecular complexity index is 1880. The van der Waals surface area contributed by atoms with Crippen molar-refractivity contribution >= 4 is 86.8 Å². The molecule has 3 N–H and O–H groups in total. The molecule has 0 saturated carbocycles. The van der Waals surface area contributed by atoms with Crippen LogP contribution in [0.5, 0.6) is 0 Å². The Morgan fingerprint density at radius 1 is 0.958 bits per heavy atom. The number of esters is 1. The van der Waals surface area contributed by atoms with E-state index in [1.54, 1.807) is 80.6 Å². The van der Waals surface area contributed by atoms with E-state index in [2.05, 4.69) is 16.0 Å². The van der Waals surface area contributed by atoms with Gasteiger partial charge in [0.2, 0.25) is 5.91 Å². The summed E-state index contributed by atoms with van der Waals surface area (Å²) in [6.45, 7) is 3.79. The summed E-state index contributed by atoms with van der Waals surface area (Å²) in [6, 6.07) is 20.6. The third-order valence-corrected chi connectivity index (χ3v) is 10.6. The molecule has 248 valence electrons. The number of thiophene rings is 1. The van der Waals surface area contributed by atoms with Crippen molar-refractivity contribution in [3.05, 3.63) is 116 Å². The molecule has 12 heteroatoms. The predicted molar refractivity (Wildman–Crippen MR) is 194 cm³/mol. The average Bonchev–Trinajstić information content (AvgIpc) is 3.44. The van der Waals surface area contributed by atoms with Gasteiger partial charge in [-0.3, -0.25) is 14.4 Å². The Hall–Kier alpha value is -4.09. The highest BCUT2D eigenvalue weighted by Crippen LogP contribution is 2.39. The molecule has 0 fully saturated rings. The lowest BCUT2D eigenvalue weighted by molar-refractivity contribution is -0.115. The number of anilines is 2. The topological polar surface area (TPSA) is 114 Å². The van der Waals surface area contributed by atoms with Gasteiger partial charge in [0, 0.05) is 21.0 Å². The molecule has 8 nitrogen and oxygen atoms in total. The summed E-state index contributed by atoms with van der Waals surface area (Å²) in [4.78, 5) is 54.6. The van der Waals surface area contributed by atoms with Gasteiger partial charge in [0.05, 0.1) is 27.5 Å². The van der Waals surface area contributed by atoms with Crippen LogP contribution in [0.3, 0.4) is 0 Å². The summed E-state index contributed by atoms with van der Waals surface area (Å²) in [7, 11) is 0. The molecule has 0 aliphatic heterocycles. The number of benzene rings is 3. The Morgan fingerprint density at radius 2 is 1.71 bits per heavy atom. The van der Waals surface area contributed by atoms with E-state index >= 15 is 0 Å². The van der Waals surface area contributed by atoms with Gasteiger partial charge in [-0.05, 0) is 93.1 Å². The van der Waals surface area contributed by atoms with Crippen LogP contribution in [0.1, 0.15) is 63.4 Å². The van der Waals surface area contributed by atoms with Crippen molar-refractivity contribution in [2.45, 2.75) is 49.7 Å². The summed E-state index contributed by atoms with van der Waals surface area (Å²) < 4.78 is 5.32. The van der Waals surface area contributed by atoms with E-state index in [9.17, 15) is 19.2 Å². The molecule has 1 aromatic heterocycles. The Balaban J connectivity index is 1.31. The van der Waals surface area contributed by atoms with Gasteiger partial charge in [-0.15, -0.1) is 23.1 Å². The number of carbonyl (C=O) groups is 4. The van der Waals surface area contributed by atoms with Gasteiger partial charge in [0.1, 0.15) is 10.7 Å². The highest BCUT2D eigenvalue weighted by atomic mass is 35.5. The molecule has 3 amide bonds. The van der Waals surface area contributed by atoms with Crippen LogP contribution >= 0.6 is 46.3 Å². The number of thioether (sulfide) groups is 1. The van der Waals surface area contributed by atoms with Crippen LogP contribution in [-0.2, 0) is 27.2 Å². The SMILES string of the molecule is CCOC(=O)c1c(NC(=O)C(C)Sc2cccc(NC(=O)/C(=C\c3cccc(Cl)c3Cl)NC(=O)c3ccccc3)c2)sc2c1CCCC2. The first-order chi connectivity index (χ1) is 23.1. The predicted octanol–water partition coefficient (Wildman–Crippen LogP) is 8.64. The molecule has 0 radical (unpaired) electrons. The second kappa shape index (κ2) is 16.3. The van der Waals surface area contributed by atoms with E-state index in [0.717, 1.165) is 41.0 Å². The fraction of sp³-hybridized carbons (Fsp3) is 0.222. The number of hydrogen-bond acceptors (Lipinski definition) is 7. The maximum atomic E-state index is 13.6. The van der Waals surface area contributed by atoms with Crippen LogP contribution in [-0.4, -0.2) is 35.5 Å². The molecule has 0 bridgehead atoms. The largest absolute Gasteiger partial charge is 0.462 e. The van der Waals surface area contributed by atoms with Crippen LogP contribution in [0.25, 0.3) is 6.08 Å². The zero-order valence-electron chi connectivity index (χ0n) is 26.2. The van der Waals surface area contributed by atoms with Gasteiger partial charge in [0.25, 0.3) is 11.8 Å². The lowest BCUT2D eigenvalue weighted by atomic mass is 9.95. The maximum absolute atomic E-state index is 13.6. The molecule has 0 saturated heterocycles. The van der Waals surface area contributed by atoms with Crippen molar-refractivity contribution in [1.82, 2.24) is 5.32 Å².